The van der Waals surface area contributed by atoms with Gasteiger partial charge in [0.25, 0.3) is 0 Å². The second kappa shape index (κ2) is 5.04. The number of fused-ring (bicyclic) bond motifs is 1. The molecule has 0 aliphatic carbocycles. The van der Waals surface area contributed by atoms with Crippen LogP contribution in [-0.4, -0.2) is 4.98 Å². The van der Waals surface area contributed by atoms with Gasteiger partial charge in [-0.25, -0.2) is 4.98 Å². The Morgan fingerprint density at radius 2 is 1.84 bits per heavy atom. The molecule has 0 radical (unpaired) electrons. The Hall–Kier alpha value is -1.22. The number of aromatic nitrogens is 1. The maximum Gasteiger partial charge on any atom is 0.136 e. The molecule has 1 aromatic carbocycles. The van der Waals surface area contributed by atoms with Gasteiger partial charge in [-0.1, -0.05) is 35.7 Å². The van der Waals surface area contributed by atoms with E-state index in [-0.39, 0.29) is 0 Å². The Labute approximate surface area is 124 Å². The summed E-state index contributed by atoms with van der Waals surface area (Å²) < 4.78 is 2.18. The second-order valence-electron chi connectivity index (χ2n) is 4.08. The molecule has 1 aromatic heterocycles. The highest BCUT2D eigenvalue weighted by Gasteiger charge is 2.21. The van der Waals surface area contributed by atoms with Crippen LogP contribution in [0, 0.1) is 11.3 Å². The zero-order valence-electron chi connectivity index (χ0n) is 10.4. The molecule has 3 rings (SSSR count). The molecule has 1 aliphatic rings. The second-order valence-corrected chi connectivity index (χ2v) is 7.82. The Balaban J connectivity index is 2.09. The molecule has 5 heteroatoms. The summed E-state index contributed by atoms with van der Waals surface area (Å²) in [6, 6.07) is 10.3. The summed E-state index contributed by atoms with van der Waals surface area (Å²) in [4.78, 5) is 7.12. The lowest BCUT2D eigenvalue weighted by atomic mass is 10.3. The van der Waals surface area contributed by atoms with Crippen molar-refractivity contribution in [2.45, 2.75) is 13.8 Å². The highest BCUT2D eigenvalue weighted by molar-refractivity contribution is 8.28. The minimum absolute atomic E-state index is 0.701. The van der Waals surface area contributed by atoms with Crippen LogP contribution in [-0.2, 0) is 0 Å². The van der Waals surface area contributed by atoms with Gasteiger partial charge in [-0.3, -0.25) is 0 Å². The van der Waals surface area contributed by atoms with Crippen molar-refractivity contribution >= 4 is 50.7 Å². The van der Waals surface area contributed by atoms with E-state index in [9.17, 15) is 5.26 Å². The fraction of sp³-hybridized carbons (Fsp3) is 0.143. The first-order chi connectivity index (χ1) is 9.19. The number of hydrogen-bond donors (Lipinski definition) is 0. The average Bonchev–Trinajstić information content (AvgIpc) is 2.95. The maximum absolute atomic E-state index is 9.45. The minimum Gasteiger partial charge on any atom is -0.235 e. The topological polar surface area (TPSA) is 36.7 Å². The van der Waals surface area contributed by atoms with E-state index in [1.54, 1.807) is 34.9 Å². The number of nitriles is 1. The Morgan fingerprint density at radius 1 is 1.16 bits per heavy atom. The highest BCUT2D eigenvalue weighted by atomic mass is 32.2. The van der Waals surface area contributed by atoms with Crippen LogP contribution in [0.2, 0.25) is 0 Å². The molecule has 0 atom stereocenters. The van der Waals surface area contributed by atoms with Crippen molar-refractivity contribution in [2.75, 3.05) is 0 Å². The summed E-state index contributed by atoms with van der Waals surface area (Å²) in [7, 11) is 0. The van der Waals surface area contributed by atoms with Crippen molar-refractivity contribution in [1.82, 2.24) is 4.98 Å². The molecule has 0 saturated carbocycles. The van der Waals surface area contributed by atoms with Gasteiger partial charge in [-0.15, -0.1) is 11.3 Å². The number of thiazole rings is 1. The molecule has 2 nitrogen and oxygen atoms in total. The first kappa shape index (κ1) is 12.8. The van der Waals surface area contributed by atoms with E-state index in [2.05, 4.69) is 24.9 Å². The first-order valence-corrected chi connectivity index (χ1v) is 8.17. The zero-order valence-corrected chi connectivity index (χ0v) is 12.9. The van der Waals surface area contributed by atoms with E-state index in [0.717, 1.165) is 19.5 Å². The standard InChI is InChI=1S/C14H10N2S3/c1-8-9(2)18-14(17-8)10(7-15)13-16-11-5-3-4-6-12(11)19-13/h3-6H,1-2H3. The summed E-state index contributed by atoms with van der Waals surface area (Å²) in [5.74, 6) is 0. The predicted molar refractivity (Wildman–Crippen MR) is 85.7 cm³/mol. The average molecular weight is 302 g/mol. The number of rotatable bonds is 1. The van der Waals surface area contributed by atoms with E-state index in [1.807, 2.05) is 24.3 Å². The molecule has 0 fully saturated rings. The van der Waals surface area contributed by atoms with Gasteiger partial charge in [-0.2, -0.15) is 5.26 Å². The lowest BCUT2D eigenvalue weighted by Crippen LogP contribution is -1.81. The van der Waals surface area contributed by atoms with Crippen LogP contribution in [0.25, 0.3) is 15.8 Å². The van der Waals surface area contributed by atoms with Crippen molar-refractivity contribution in [1.29, 1.82) is 5.26 Å². The number of hydrogen-bond acceptors (Lipinski definition) is 5. The molecular weight excluding hydrogens is 292 g/mol. The van der Waals surface area contributed by atoms with Crippen molar-refractivity contribution in [3.8, 4) is 6.07 Å². The van der Waals surface area contributed by atoms with Gasteiger partial charge < -0.3 is 0 Å². The number of allylic oxidation sites excluding steroid dienone is 3. The van der Waals surface area contributed by atoms with Gasteiger partial charge in [0.05, 0.1) is 14.5 Å². The number of para-hydroxylation sites is 1. The van der Waals surface area contributed by atoms with Crippen LogP contribution in [0.4, 0.5) is 0 Å². The van der Waals surface area contributed by atoms with Gasteiger partial charge in [-0.05, 0) is 35.8 Å². The van der Waals surface area contributed by atoms with Gasteiger partial charge in [0.2, 0.25) is 0 Å². The third-order valence-corrected chi connectivity index (χ3v) is 6.50. The molecule has 2 aromatic rings. The van der Waals surface area contributed by atoms with Gasteiger partial charge in [0, 0.05) is 0 Å². The minimum atomic E-state index is 0.701. The molecule has 19 heavy (non-hydrogen) atoms. The molecule has 0 amide bonds. The fourth-order valence-corrected chi connectivity index (χ4v) is 5.30. The van der Waals surface area contributed by atoms with Crippen LogP contribution < -0.4 is 0 Å². The number of nitrogens with zero attached hydrogens (tertiary/aromatic N) is 2. The van der Waals surface area contributed by atoms with Crippen LogP contribution in [0.3, 0.4) is 0 Å². The van der Waals surface area contributed by atoms with Crippen molar-refractivity contribution in [3.05, 3.63) is 43.3 Å². The Kier molecular flexibility index (Phi) is 3.40. The Morgan fingerprint density at radius 3 is 2.47 bits per heavy atom. The van der Waals surface area contributed by atoms with E-state index >= 15 is 0 Å². The van der Waals surface area contributed by atoms with Crippen LogP contribution in [0.1, 0.15) is 18.9 Å². The predicted octanol–water partition coefficient (Wildman–Crippen LogP) is 5.22. The third-order valence-electron chi connectivity index (χ3n) is 2.81. The maximum atomic E-state index is 9.45. The van der Waals surface area contributed by atoms with Crippen LogP contribution in [0.15, 0.2) is 38.3 Å². The molecule has 0 spiro atoms. The molecule has 0 N–H and O–H groups in total. The quantitative estimate of drug-likeness (QED) is 0.677. The smallest absolute Gasteiger partial charge is 0.136 e. The zero-order chi connectivity index (χ0) is 13.4. The molecule has 0 bridgehead atoms. The number of thioether (sulfide) groups is 2. The lowest BCUT2D eigenvalue weighted by molar-refractivity contribution is 1.43. The van der Waals surface area contributed by atoms with E-state index in [4.69, 9.17) is 0 Å². The lowest BCUT2D eigenvalue weighted by Gasteiger charge is -1.98. The summed E-state index contributed by atoms with van der Waals surface area (Å²) in [5, 5.41) is 10.3. The molecule has 1 aliphatic heterocycles. The summed E-state index contributed by atoms with van der Waals surface area (Å²) in [5.41, 5.74) is 1.66. The fourth-order valence-electron chi connectivity index (χ4n) is 1.70. The summed E-state index contributed by atoms with van der Waals surface area (Å²) in [6.07, 6.45) is 0. The van der Waals surface area contributed by atoms with Crippen molar-refractivity contribution in [2.24, 2.45) is 0 Å². The van der Waals surface area contributed by atoms with E-state index < -0.39 is 0 Å². The Bertz CT molecular complexity index is 713. The molecule has 94 valence electrons. The van der Waals surface area contributed by atoms with E-state index in [1.165, 1.54) is 9.81 Å². The highest BCUT2D eigenvalue weighted by Crippen LogP contribution is 2.51. The van der Waals surface area contributed by atoms with Gasteiger partial charge in [0.1, 0.15) is 16.6 Å². The molecule has 2 heterocycles. The van der Waals surface area contributed by atoms with Gasteiger partial charge >= 0.3 is 0 Å². The molecule has 0 unspecified atom stereocenters. The third kappa shape index (κ3) is 2.32. The van der Waals surface area contributed by atoms with E-state index in [0.29, 0.717) is 5.57 Å². The number of benzene rings is 1. The SMILES string of the molecule is CC1=C(C)SC(=C(C#N)c2nc3ccccc3s2)S1. The molecular formula is C14H10N2S3. The first-order valence-electron chi connectivity index (χ1n) is 5.72. The van der Waals surface area contributed by atoms with Gasteiger partial charge in [0.15, 0.2) is 0 Å². The normalized spacial score (nSPS) is 15.1. The summed E-state index contributed by atoms with van der Waals surface area (Å²) >= 11 is 4.94. The van der Waals surface area contributed by atoms with Crippen LogP contribution >= 0.6 is 34.9 Å². The molecule has 0 saturated heterocycles. The summed E-state index contributed by atoms with van der Waals surface area (Å²) in [6.45, 7) is 4.18. The largest absolute Gasteiger partial charge is 0.235 e. The van der Waals surface area contributed by atoms with Crippen LogP contribution in [0.5, 0.6) is 0 Å². The van der Waals surface area contributed by atoms with Crippen molar-refractivity contribution in [3.63, 3.8) is 0 Å². The monoisotopic (exact) mass is 302 g/mol. The van der Waals surface area contributed by atoms with Crippen molar-refractivity contribution < 1.29 is 0 Å².